The van der Waals surface area contributed by atoms with Crippen molar-refractivity contribution < 1.29 is 9.18 Å². The summed E-state index contributed by atoms with van der Waals surface area (Å²) in [5.41, 5.74) is 1.19. The molecule has 0 aromatic heterocycles. The van der Waals surface area contributed by atoms with E-state index in [0.717, 1.165) is 58.4 Å². The van der Waals surface area contributed by atoms with E-state index in [2.05, 4.69) is 16.8 Å². The Kier molecular flexibility index (Phi) is 7.25. The number of halogens is 1. The van der Waals surface area contributed by atoms with Gasteiger partial charge in [-0.1, -0.05) is 18.6 Å². The molecule has 0 bridgehead atoms. The lowest BCUT2D eigenvalue weighted by atomic mass is 9.95. The van der Waals surface area contributed by atoms with Crippen molar-refractivity contribution in [1.29, 1.82) is 0 Å². The molecular weight excluding hydrogens is 341 g/mol. The van der Waals surface area contributed by atoms with Gasteiger partial charge in [0, 0.05) is 20.1 Å². The minimum atomic E-state index is -0.169. The molecule has 0 saturated carbocycles. The van der Waals surface area contributed by atoms with Gasteiger partial charge in [-0.05, 0) is 82.4 Å². The lowest BCUT2D eigenvalue weighted by molar-refractivity contribution is -0.137. The molecule has 5 heteroatoms. The number of likely N-dealkylation sites (N-methyl/N-ethyl adjacent to an activating group) is 2. The monoisotopic (exact) mass is 375 g/mol. The van der Waals surface area contributed by atoms with E-state index in [9.17, 15) is 9.18 Å². The first-order valence-electron chi connectivity index (χ1n) is 10.4. The van der Waals surface area contributed by atoms with Crippen molar-refractivity contribution in [2.45, 2.75) is 44.6 Å². The van der Waals surface area contributed by atoms with Crippen LogP contribution in [0.25, 0.3) is 0 Å². The van der Waals surface area contributed by atoms with E-state index in [4.69, 9.17) is 0 Å². The van der Waals surface area contributed by atoms with Crippen LogP contribution in [0.1, 0.15) is 37.7 Å². The van der Waals surface area contributed by atoms with Gasteiger partial charge < -0.3 is 9.80 Å². The zero-order valence-corrected chi connectivity index (χ0v) is 16.9. The predicted octanol–water partition coefficient (Wildman–Crippen LogP) is 3.02. The molecule has 1 aromatic rings. The van der Waals surface area contributed by atoms with Crippen LogP contribution in [-0.2, 0) is 11.2 Å². The summed E-state index contributed by atoms with van der Waals surface area (Å²) in [6.07, 6.45) is 6.66. The SMILES string of the molecule is CN(CC1CCN(CCc2ccc(F)cc2)CC1)C(=O)[C@H]1CCCCN1C. The average molecular weight is 376 g/mol. The number of carbonyl (C=O) groups excluding carboxylic acids is 1. The lowest BCUT2D eigenvalue weighted by Gasteiger charge is -2.37. The zero-order valence-electron chi connectivity index (χ0n) is 16.9. The maximum atomic E-state index is 13.0. The number of rotatable bonds is 6. The van der Waals surface area contributed by atoms with E-state index in [1.54, 1.807) is 0 Å². The Bertz CT molecular complexity index is 598. The predicted molar refractivity (Wildman–Crippen MR) is 107 cm³/mol. The maximum absolute atomic E-state index is 13.0. The first-order chi connectivity index (χ1) is 13.0. The molecule has 2 aliphatic rings. The third-order valence-electron chi connectivity index (χ3n) is 6.30. The molecule has 0 aliphatic carbocycles. The van der Waals surface area contributed by atoms with Gasteiger partial charge in [0.25, 0.3) is 0 Å². The summed E-state index contributed by atoms with van der Waals surface area (Å²) in [6, 6.07) is 6.92. The van der Waals surface area contributed by atoms with Crippen molar-refractivity contribution in [3.05, 3.63) is 35.6 Å². The normalized spacial score (nSPS) is 22.7. The van der Waals surface area contributed by atoms with Crippen LogP contribution in [0.5, 0.6) is 0 Å². The molecule has 2 aliphatic heterocycles. The van der Waals surface area contributed by atoms with E-state index >= 15 is 0 Å². The largest absolute Gasteiger partial charge is 0.344 e. The molecule has 2 saturated heterocycles. The summed E-state index contributed by atoms with van der Waals surface area (Å²) < 4.78 is 13.0. The molecular formula is C22H34FN3O. The topological polar surface area (TPSA) is 26.8 Å². The number of hydrogen-bond acceptors (Lipinski definition) is 3. The molecule has 1 atom stereocenters. The molecule has 1 amide bonds. The standard InChI is InChI=1S/C22H34FN3O/c1-24-13-4-3-5-21(24)22(27)25(2)17-19-11-15-26(16-12-19)14-10-18-6-8-20(23)9-7-18/h6-9,19,21H,3-5,10-17H2,1-2H3/t21-/m1/s1. The molecule has 0 spiro atoms. The molecule has 2 fully saturated rings. The fourth-order valence-corrected chi connectivity index (χ4v) is 4.45. The van der Waals surface area contributed by atoms with Crippen LogP contribution >= 0.6 is 0 Å². The number of likely N-dealkylation sites (tertiary alicyclic amines) is 2. The molecule has 3 rings (SSSR count). The van der Waals surface area contributed by atoms with Crippen LogP contribution in [-0.4, -0.2) is 73.5 Å². The Hall–Kier alpha value is -1.46. The Labute approximate surface area is 163 Å². The Morgan fingerprint density at radius 3 is 2.48 bits per heavy atom. The zero-order chi connectivity index (χ0) is 19.2. The second-order valence-corrected chi connectivity index (χ2v) is 8.37. The number of nitrogens with zero attached hydrogens (tertiary/aromatic N) is 3. The van der Waals surface area contributed by atoms with Crippen molar-refractivity contribution >= 4 is 5.91 Å². The van der Waals surface area contributed by atoms with Gasteiger partial charge >= 0.3 is 0 Å². The van der Waals surface area contributed by atoms with Crippen molar-refractivity contribution in [2.24, 2.45) is 5.92 Å². The van der Waals surface area contributed by atoms with Gasteiger partial charge in [0.05, 0.1) is 6.04 Å². The van der Waals surface area contributed by atoms with Gasteiger partial charge in [0.15, 0.2) is 0 Å². The molecule has 0 unspecified atom stereocenters. The van der Waals surface area contributed by atoms with Gasteiger partial charge in [-0.15, -0.1) is 0 Å². The van der Waals surface area contributed by atoms with Crippen molar-refractivity contribution in [3.63, 3.8) is 0 Å². The highest BCUT2D eigenvalue weighted by molar-refractivity contribution is 5.81. The summed E-state index contributed by atoms with van der Waals surface area (Å²) in [5.74, 6) is 0.739. The quantitative estimate of drug-likeness (QED) is 0.765. The van der Waals surface area contributed by atoms with Gasteiger partial charge in [-0.3, -0.25) is 9.69 Å². The molecule has 1 aromatic carbocycles. The first kappa shape index (κ1) is 20.3. The summed E-state index contributed by atoms with van der Waals surface area (Å²) >= 11 is 0. The fraction of sp³-hybridized carbons (Fsp3) is 0.682. The number of carbonyl (C=O) groups is 1. The van der Waals surface area contributed by atoms with E-state index in [0.29, 0.717) is 11.8 Å². The first-order valence-corrected chi connectivity index (χ1v) is 10.4. The second-order valence-electron chi connectivity index (χ2n) is 8.37. The average Bonchev–Trinajstić information content (AvgIpc) is 2.68. The summed E-state index contributed by atoms with van der Waals surface area (Å²) in [4.78, 5) is 19.5. The number of piperidine rings is 2. The van der Waals surface area contributed by atoms with Gasteiger partial charge in [0.1, 0.15) is 5.82 Å². The summed E-state index contributed by atoms with van der Waals surface area (Å²) in [5, 5.41) is 0. The van der Waals surface area contributed by atoms with Crippen molar-refractivity contribution in [2.75, 3.05) is 46.8 Å². The Morgan fingerprint density at radius 1 is 1.11 bits per heavy atom. The number of hydrogen-bond donors (Lipinski definition) is 0. The highest BCUT2D eigenvalue weighted by Crippen LogP contribution is 2.21. The second kappa shape index (κ2) is 9.65. The lowest BCUT2D eigenvalue weighted by Crippen LogP contribution is -2.49. The summed E-state index contributed by atoms with van der Waals surface area (Å²) in [7, 11) is 4.06. The van der Waals surface area contributed by atoms with E-state index < -0.39 is 0 Å². The van der Waals surface area contributed by atoms with Crippen LogP contribution in [0.2, 0.25) is 0 Å². The molecule has 2 heterocycles. The minimum absolute atomic E-state index is 0.0829. The van der Waals surface area contributed by atoms with Crippen molar-refractivity contribution in [3.8, 4) is 0 Å². The van der Waals surface area contributed by atoms with Gasteiger partial charge in [-0.25, -0.2) is 4.39 Å². The number of amides is 1. The molecule has 150 valence electrons. The minimum Gasteiger partial charge on any atom is -0.344 e. The molecule has 0 N–H and O–H groups in total. The van der Waals surface area contributed by atoms with Crippen LogP contribution in [0, 0.1) is 11.7 Å². The molecule has 0 radical (unpaired) electrons. The van der Waals surface area contributed by atoms with E-state index in [-0.39, 0.29) is 11.9 Å². The van der Waals surface area contributed by atoms with Crippen LogP contribution in [0.3, 0.4) is 0 Å². The molecule has 27 heavy (non-hydrogen) atoms. The third kappa shape index (κ3) is 5.76. The van der Waals surface area contributed by atoms with Crippen LogP contribution in [0.15, 0.2) is 24.3 Å². The maximum Gasteiger partial charge on any atom is 0.239 e. The third-order valence-corrected chi connectivity index (χ3v) is 6.30. The summed E-state index contributed by atoms with van der Waals surface area (Å²) in [6.45, 7) is 5.14. The molecule has 4 nitrogen and oxygen atoms in total. The fourth-order valence-electron chi connectivity index (χ4n) is 4.45. The smallest absolute Gasteiger partial charge is 0.239 e. The van der Waals surface area contributed by atoms with Gasteiger partial charge in [0.2, 0.25) is 5.91 Å². The highest BCUT2D eigenvalue weighted by atomic mass is 19.1. The highest BCUT2D eigenvalue weighted by Gasteiger charge is 2.30. The van der Waals surface area contributed by atoms with E-state index in [1.807, 2.05) is 24.1 Å². The van der Waals surface area contributed by atoms with E-state index in [1.165, 1.54) is 30.5 Å². The Morgan fingerprint density at radius 2 is 1.81 bits per heavy atom. The van der Waals surface area contributed by atoms with Gasteiger partial charge in [-0.2, -0.15) is 0 Å². The number of benzene rings is 1. The van der Waals surface area contributed by atoms with Crippen LogP contribution in [0.4, 0.5) is 4.39 Å². The van der Waals surface area contributed by atoms with Crippen LogP contribution < -0.4 is 0 Å². The Balaban J connectivity index is 1.38. The van der Waals surface area contributed by atoms with Crippen molar-refractivity contribution in [1.82, 2.24) is 14.7 Å².